The van der Waals surface area contributed by atoms with Crippen LogP contribution in [0.3, 0.4) is 0 Å². The van der Waals surface area contributed by atoms with Gasteiger partial charge in [-0.3, -0.25) is 14.9 Å². The maximum Gasteiger partial charge on any atom is 0.269 e. The SMILES string of the molecule is Cc1cc([N+](=O)[O-])ccc1C(=O)N1CCC(C)CC1CN. The van der Waals surface area contributed by atoms with Crippen LogP contribution in [0.15, 0.2) is 18.2 Å². The first kappa shape index (κ1) is 15.4. The number of likely N-dealkylation sites (tertiary alicyclic amines) is 1. The average molecular weight is 291 g/mol. The minimum Gasteiger partial charge on any atom is -0.334 e. The number of nitrogens with two attached hydrogens (primary N) is 1. The van der Waals surface area contributed by atoms with E-state index in [2.05, 4.69) is 6.92 Å². The van der Waals surface area contributed by atoms with Gasteiger partial charge in [0.15, 0.2) is 0 Å². The van der Waals surface area contributed by atoms with Crippen LogP contribution in [0, 0.1) is 23.0 Å². The van der Waals surface area contributed by atoms with Crippen molar-refractivity contribution in [2.24, 2.45) is 11.7 Å². The molecule has 2 unspecified atom stereocenters. The van der Waals surface area contributed by atoms with Gasteiger partial charge in [0.2, 0.25) is 0 Å². The van der Waals surface area contributed by atoms with Crippen molar-refractivity contribution in [1.82, 2.24) is 4.90 Å². The molecule has 1 aromatic rings. The van der Waals surface area contributed by atoms with Gasteiger partial charge in [-0.2, -0.15) is 0 Å². The van der Waals surface area contributed by atoms with E-state index >= 15 is 0 Å². The Morgan fingerprint density at radius 3 is 2.81 bits per heavy atom. The summed E-state index contributed by atoms with van der Waals surface area (Å²) in [6.45, 7) is 5.03. The van der Waals surface area contributed by atoms with Crippen LogP contribution in [-0.2, 0) is 0 Å². The third kappa shape index (κ3) is 3.21. The number of hydrogen-bond donors (Lipinski definition) is 1. The lowest BCUT2D eigenvalue weighted by Crippen LogP contribution is -2.49. The number of nitro benzene ring substituents is 1. The molecule has 1 aliphatic rings. The molecule has 21 heavy (non-hydrogen) atoms. The summed E-state index contributed by atoms with van der Waals surface area (Å²) in [6.07, 6.45) is 1.88. The number of nitro groups is 1. The normalized spacial score (nSPS) is 22.1. The zero-order chi connectivity index (χ0) is 15.6. The molecule has 1 heterocycles. The number of benzene rings is 1. The van der Waals surface area contributed by atoms with Gasteiger partial charge in [-0.05, 0) is 37.3 Å². The molecule has 0 radical (unpaired) electrons. The number of rotatable bonds is 3. The fraction of sp³-hybridized carbons (Fsp3) is 0.533. The van der Waals surface area contributed by atoms with Crippen molar-refractivity contribution in [1.29, 1.82) is 0 Å². The number of carbonyl (C=O) groups is 1. The van der Waals surface area contributed by atoms with Gasteiger partial charge < -0.3 is 10.6 Å². The number of piperidine rings is 1. The summed E-state index contributed by atoms with van der Waals surface area (Å²) in [6, 6.07) is 4.42. The summed E-state index contributed by atoms with van der Waals surface area (Å²) < 4.78 is 0. The van der Waals surface area contributed by atoms with Gasteiger partial charge in [0.05, 0.1) is 4.92 Å². The van der Waals surface area contributed by atoms with Crippen molar-refractivity contribution < 1.29 is 9.72 Å². The Bertz CT molecular complexity index is 559. The Hall–Kier alpha value is -1.95. The van der Waals surface area contributed by atoms with Crippen LogP contribution in [-0.4, -0.2) is 34.9 Å². The van der Waals surface area contributed by atoms with Gasteiger partial charge in [-0.1, -0.05) is 6.92 Å². The average Bonchev–Trinajstić information content (AvgIpc) is 2.46. The Labute approximate surface area is 124 Å². The molecule has 1 aliphatic heterocycles. The number of hydrogen-bond acceptors (Lipinski definition) is 4. The molecule has 0 saturated carbocycles. The van der Waals surface area contributed by atoms with Crippen LogP contribution < -0.4 is 5.73 Å². The van der Waals surface area contributed by atoms with E-state index in [-0.39, 0.29) is 17.6 Å². The lowest BCUT2D eigenvalue weighted by atomic mass is 9.91. The van der Waals surface area contributed by atoms with Gasteiger partial charge >= 0.3 is 0 Å². The highest BCUT2D eigenvalue weighted by Gasteiger charge is 2.30. The highest BCUT2D eigenvalue weighted by atomic mass is 16.6. The first-order valence-electron chi connectivity index (χ1n) is 7.20. The molecule has 6 heteroatoms. The van der Waals surface area contributed by atoms with Crippen molar-refractivity contribution in [3.63, 3.8) is 0 Å². The van der Waals surface area contributed by atoms with Crippen LogP contribution >= 0.6 is 0 Å². The summed E-state index contributed by atoms with van der Waals surface area (Å²) >= 11 is 0. The van der Waals surface area contributed by atoms with Crippen LogP contribution in [0.5, 0.6) is 0 Å². The quantitative estimate of drug-likeness (QED) is 0.682. The highest BCUT2D eigenvalue weighted by molar-refractivity contribution is 5.96. The molecule has 1 amide bonds. The summed E-state index contributed by atoms with van der Waals surface area (Å²) in [5.74, 6) is 0.491. The molecule has 114 valence electrons. The Balaban J connectivity index is 2.25. The van der Waals surface area contributed by atoms with Gasteiger partial charge in [-0.25, -0.2) is 0 Å². The third-order valence-electron chi connectivity index (χ3n) is 4.16. The van der Waals surface area contributed by atoms with Gasteiger partial charge in [0, 0.05) is 36.8 Å². The predicted octanol–water partition coefficient (Wildman–Crippen LogP) is 2.10. The standard InChI is InChI=1S/C15H21N3O3/c1-10-5-6-17(13(7-10)9-16)15(19)14-4-3-12(18(20)21)8-11(14)2/h3-4,8,10,13H,5-7,9,16H2,1-2H3. The minimum atomic E-state index is -0.452. The third-order valence-corrected chi connectivity index (χ3v) is 4.16. The molecule has 2 N–H and O–H groups in total. The summed E-state index contributed by atoms with van der Waals surface area (Å²) in [5, 5.41) is 10.8. The Morgan fingerprint density at radius 1 is 1.52 bits per heavy atom. The van der Waals surface area contributed by atoms with Crippen molar-refractivity contribution in [2.75, 3.05) is 13.1 Å². The van der Waals surface area contributed by atoms with Gasteiger partial charge in [0.1, 0.15) is 0 Å². The van der Waals surface area contributed by atoms with Gasteiger partial charge in [0.25, 0.3) is 11.6 Å². The fourth-order valence-electron chi connectivity index (χ4n) is 2.90. The number of nitrogens with zero attached hydrogens (tertiary/aromatic N) is 2. The van der Waals surface area contributed by atoms with E-state index in [1.807, 2.05) is 4.90 Å². The molecule has 2 rings (SSSR count). The van der Waals surface area contributed by atoms with Crippen LogP contribution in [0.25, 0.3) is 0 Å². The van der Waals surface area contributed by atoms with E-state index in [0.717, 1.165) is 12.8 Å². The first-order valence-corrected chi connectivity index (χ1v) is 7.20. The number of amides is 1. The topological polar surface area (TPSA) is 89.5 Å². The fourth-order valence-corrected chi connectivity index (χ4v) is 2.90. The second-order valence-electron chi connectivity index (χ2n) is 5.77. The second-order valence-corrected chi connectivity index (χ2v) is 5.77. The molecule has 1 aromatic carbocycles. The molecule has 2 atom stereocenters. The molecule has 6 nitrogen and oxygen atoms in total. The highest BCUT2D eigenvalue weighted by Crippen LogP contribution is 2.25. The minimum absolute atomic E-state index is 0.00620. The Kier molecular flexibility index (Phi) is 4.57. The van der Waals surface area contributed by atoms with E-state index in [1.54, 1.807) is 13.0 Å². The molecular weight excluding hydrogens is 270 g/mol. The van der Waals surface area contributed by atoms with Gasteiger partial charge in [-0.15, -0.1) is 0 Å². The van der Waals surface area contributed by atoms with E-state index in [9.17, 15) is 14.9 Å². The molecular formula is C15H21N3O3. The van der Waals surface area contributed by atoms with Crippen molar-refractivity contribution in [2.45, 2.75) is 32.7 Å². The van der Waals surface area contributed by atoms with Crippen molar-refractivity contribution >= 4 is 11.6 Å². The molecule has 1 saturated heterocycles. The maximum atomic E-state index is 12.7. The summed E-state index contributed by atoms with van der Waals surface area (Å²) in [7, 11) is 0. The van der Waals surface area contributed by atoms with Crippen LogP contribution in [0.1, 0.15) is 35.7 Å². The smallest absolute Gasteiger partial charge is 0.269 e. The summed E-state index contributed by atoms with van der Waals surface area (Å²) in [5.41, 5.74) is 6.95. The van der Waals surface area contributed by atoms with Crippen molar-refractivity contribution in [3.8, 4) is 0 Å². The van der Waals surface area contributed by atoms with Crippen LogP contribution in [0.2, 0.25) is 0 Å². The number of aryl methyl sites for hydroxylation is 1. The number of non-ortho nitro benzene ring substituents is 1. The first-order chi connectivity index (χ1) is 9.93. The zero-order valence-corrected chi connectivity index (χ0v) is 12.4. The van der Waals surface area contributed by atoms with E-state index in [1.165, 1.54) is 12.1 Å². The lowest BCUT2D eigenvalue weighted by Gasteiger charge is -2.38. The monoisotopic (exact) mass is 291 g/mol. The maximum absolute atomic E-state index is 12.7. The van der Waals surface area contributed by atoms with E-state index < -0.39 is 4.92 Å². The summed E-state index contributed by atoms with van der Waals surface area (Å²) in [4.78, 5) is 24.8. The molecule has 0 spiro atoms. The molecule has 0 bridgehead atoms. The van der Waals surface area contributed by atoms with Crippen molar-refractivity contribution in [3.05, 3.63) is 39.4 Å². The molecule has 0 aliphatic carbocycles. The molecule has 0 aromatic heterocycles. The largest absolute Gasteiger partial charge is 0.334 e. The zero-order valence-electron chi connectivity index (χ0n) is 12.4. The molecule has 1 fully saturated rings. The lowest BCUT2D eigenvalue weighted by molar-refractivity contribution is -0.384. The van der Waals surface area contributed by atoms with E-state index in [4.69, 9.17) is 5.73 Å². The Morgan fingerprint density at radius 2 is 2.24 bits per heavy atom. The number of carbonyl (C=O) groups excluding carboxylic acids is 1. The van der Waals surface area contributed by atoms with Crippen LogP contribution in [0.4, 0.5) is 5.69 Å². The predicted molar refractivity (Wildman–Crippen MR) is 80.1 cm³/mol. The second kappa shape index (κ2) is 6.22. The van der Waals surface area contributed by atoms with E-state index in [0.29, 0.717) is 30.1 Å².